The quantitative estimate of drug-likeness (QED) is 0.636. The van der Waals surface area contributed by atoms with Gasteiger partial charge in [-0.05, 0) is 91.4 Å². The van der Waals surface area contributed by atoms with E-state index in [4.69, 9.17) is 5.11 Å². The molecule has 0 heterocycles. The highest BCUT2D eigenvalue weighted by Crippen LogP contribution is 2.66. The first-order valence-corrected chi connectivity index (χ1v) is 9.99. The van der Waals surface area contributed by atoms with E-state index in [1.54, 1.807) is 5.57 Å². The van der Waals surface area contributed by atoms with Crippen molar-refractivity contribution in [3.8, 4) is 0 Å². The summed E-state index contributed by atoms with van der Waals surface area (Å²) in [4.78, 5) is 11.0. The maximum atomic E-state index is 11.0. The summed E-state index contributed by atoms with van der Waals surface area (Å²) in [5.74, 6) is 2.76. The van der Waals surface area contributed by atoms with Crippen molar-refractivity contribution in [1.82, 2.24) is 0 Å². The lowest BCUT2D eigenvalue weighted by atomic mass is 9.47. The molecule has 0 radical (unpaired) electrons. The van der Waals surface area contributed by atoms with Gasteiger partial charge in [-0.1, -0.05) is 32.4 Å². The highest BCUT2D eigenvalue weighted by molar-refractivity contribution is 5.81. The fraction of sp³-hybridized carbons (Fsp3) is 0.773. The molecule has 4 rings (SSSR count). The number of fused-ring (bicyclic) bond motifs is 5. The minimum absolute atomic E-state index is 0.325. The minimum Gasteiger partial charge on any atom is -0.478 e. The largest absolute Gasteiger partial charge is 0.478 e. The zero-order chi connectivity index (χ0) is 17.1. The third-order valence-corrected chi connectivity index (χ3v) is 8.81. The fourth-order valence-electron chi connectivity index (χ4n) is 7.15. The van der Waals surface area contributed by atoms with E-state index in [2.05, 4.69) is 26.8 Å². The van der Waals surface area contributed by atoms with Gasteiger partial charge in [-0.3, -0.25) is 0 Å². The standard InChI is InChI=1S/C22H32O2/c1-14-4-7-18-17-6-5-16-12-15(13-20(23)24)8-10-22(16,3)19(17)9-11-21(14,18)2/h12-14,17-19H,4-11H2,1-3H3,(H,23,24)/b15-13+/t14-,17?,18?,19?,21?,22?/m0/s1. The van der Waals surface area contributed by atoms with Gasteiger partial charge in [-0.2, -0.15) is 0 Å². The zero-order valence-electron chi connectivity index (χ0n) is 15.5. The van der Waals surface area contributed by atoms with Crippen LogP contribution in [-0.4, -0.2) is 11.1 Å². The highest BCUT2D eigenvalue weighted by Gasteiger charge is 2.57. The highest BCUT2D eigenvalue weighted by atomic mass is 16.4. The molecule has 0 aromatic rings. The number of hydrogen-bond acceptors (Lipinski definition) is 1. The molecule has 0 aliphatic heterocycles. The molecule has 0 aromatic heterocycles. The molecule has 2 nitrogen and oxygen atoms in total. The molecule has 5 unspecified atom stereocenters. The van der Waals surface area contributed by atoms with Gasteiger partial charge in [0, 0.05) is 6.08 Å². The third kappa shape index (κ3) is 2.24. The van der Waals surface area contributed by atoms with Crippen molar-refractivity contribution in [2.45, 2.75) is 72.1 Å². The van der Waals surface area contributed by atoms with Gasteiger partial charge in [0.1, 0.15) is 0 Å². The normalized spacial score (nSPS) is 49.1. The van der Waals surface area contributed by atoms with Gasteiger partial charge in [-0.15, -0.1) is 0 Å². The lowest BCUT2D eigenvalue weighted by molar-refractivity contribution is -0.131. The first-order valence-electron chi connectivity index (χ1n) is 9.99. The van der Waals surface area contributed by atoms with Gasteiger partial charge in [0.25, 0.3) is 0 Å². The van der Waals surface area contributed by atoms with Crippen molar-refractivity contribution in [2.75, 3.05) is 0 Å². The average Bonchev–Trinajstić information content (AvgIpc) is 2.83. The SMILES string of the molecule is C[C@H]1CCC2C3CCC4=C/C(=C/C(=O)O)CCC4(C)C3CCC21C. The van der Waals surface area contributed by atoms with E-state index in [0.717, 1.165) is 42.1 Å². The van der Waals surface area contributed by atoms with Crippen molar-refractivity contribution in [3.63, 3.8) is 0 Å². The predicted molar refractivity (Wildman–Crippen MR) is 96.6 cm³/mol. The number of carboxylic acid groups (broad SMARTS) is 1. The van der Waals surface area contributed by atoms with Crippen LogP contribution in [0, 0.1) is 34.5 Å². The third-order valence-electron chi connectivity index (χ3n) is 8.81. The second-order valence-electron chi connectivity index (χ2n) is 9.58. The van der Waals surface area contributed by atoms with Gasteiger partial charge < -0.3 is 5.11 Å². The van der Waals surface area contributed by atoms with Crippen LogP contribution in [0.3, 0.4) is 0 Å². The van der Waals surface area contributed by atoms with Crippen LogP contribution in [0.15, 0.2) is 23.3 Å². The summed E-state index contributed by atoms with van der Waals surface area (Å²) < 4.78 is 0. The summed E-state index contributed by atoms with van der Waals surface area (Å²) in [5, 5.41) is 9.06. The summed E-state index contributed by atoms with van der Waals surface area (Å²) in [6.45, 7) is 7.56. The molecule has 4 aliphatic rings. The Balaban J connectivity index is 1.65. The first kappa shape index (κ1) is 16.4. The molecule has 0 aromatic carbocycles. The number of rotatable bonds is 1. The van der Waals surface area contributed by atoms with Crippen LogP contribution >= 0.6 is 0 Å². The van der Waals surface area contributed by atoms with Gasteiger partial charge in [-0.25, -0.2) is 4.79 Å². The van der Waals surface area contributed by atoms with Crippen molar-refractivity contribution in [1.29, 1.82) is 0 Å². The fourth-order valence-corrected chi connectivity index (χ4v) is 7.15. The summed E-state index contributed by atoms with van der Waals surface area (Å²) in [6, 6.07) is 0. The number of carboxylic acids is 1. The van der Waals surface area contributed by atoms with E-state index in [0.29, 0.717) is 10.8 Å². The van der Waals surface area contributed by atoms with E-state index in [1.165, 1.54) is 44.6 Å². The number of aliphatic carboxylic acids is 1. The second-order valence-corrected chi connectivity index (χ2v) is 9.58. The van der Waals surface area contributed by atoms with Crippen LogP contribution in [-0.2, 0) is 4.79 Å². The Kier molecular flexibility index (Phi) is 3.75. The summed E-state index contributed by atoms with van der Waals surface area (Å²) in [7, 11) is 0. The van der Waals surface area contributed by atoms with Crippen molar-refractivity contribution in [2.24, 2.45) is 34.5 Å². The van der Waals surface area contributed by atoms with Crippen LogP contribution in [0.2, 0.25) is 0 Å². The predicted octanol–water partition coefficient (Wildman–Crippen LogP) is 5.60. The first-order chi connectivity index (χ1) is 11.3. The Morgan fingerprint density at radius 1 is 1.12 bits per heavy atom. The maximum Gasteiger partial charge on any atom is 0.328 e. The monoisotopic (exact) mass is 328 g/mol. The molecule has 0 amide bonds. The Morgan fingerprint density at radius 2 is 1.92 bits per heavy atom. The number of hydrogen-bond donors (Lipinski definition) is 1. The number of allylic oxidation sites excluding steroid dienone is 3. The van der Waals surface area contributed by atoms with Crippen LogP contribution in [0.25, 0.3) is 0 Å². The number of carbonyl (C=O) groups is 1. The molecule has 3 fully saturated rings. The summed E-state index contributed by atoms with van der Waals surface area (Å²) in [5.41, 5.74) is 3.49. The van der Waals surface area contributed by atoms with E-state index in [-0.39, 0.29) is 0 Å². The molecule has 2 heteroatoms. The molecule has 1 N–H and O–H groups in total. The van der Waals surface area contributed by atoms with E-state index < -0.39 is 5.97 Å². The lowest BCUT2D eigenvalue weighted by Crippen LogP contribution is -2.49. The molecule has 132 valence electrons. The second kappa shape index (κ2) is 5.47. The topological polar surface area (TPSA) is 37.3 Å². The van der Waals surface area contributed by atoms with Crippen molar-refractivity contribution >= 4 is 5.97 Å². The van der Waals surface area contributed by atoms with Gasteiger partial charge in [0.05, 0.1) is 0 Å². The van der Waals surface area contributed by atoms with Gasteiger partial charge in [0.2, 0.25) is 0 Å². The van der Waals surface area contributed by atoms with E-state index in [1.807, 2.05) is 0 Å². The summed E-state index contributed by atoms with van der Waals surface area (Å²) >= 11 is 0. The van der Waals surface area contributed by atoms with Crippen LogP contribution in [0.5, 0.6) is 0 Å². The molecular formula is C22H32O2. The van der Waals surface area contributed by atoms with E-state index in [9.17, 15) is 4.79 Å². The van der Waals surface area contributed by atoms with Crippen LogP contribution < -0.4 is 0 Å². The molecule has 0 bridgehead atoms. The van der Waals surface area contributed by atoms with E-state index >= 15 is 0 Å². The van der Waals surface area contributed by atoms with Gasteiger partial charge in [0.15, 0.2) is 0 Å². The molecule has 4 aliphatic carbocycles. The molecule has 0 spiro atoms. The van der Waals surface area contributed by atoms with Crippen LogP contribution in [0.4, 0.5) is 0 Å². The van der Waals surface area contributed by atoms with Crippen molar-refractivity contribution < 1.29 is 9.90 Å². The smallest absolute Gasteiger partial charge is 0.328 e. The Morgan fingerprint density at radius 3 is 2.67 bits per heavy atom. The molecule has 3 saturated carbocycles. The Labute approximate surface area is 146 Å². The Hall–Kier alpha value is -1.05. The van der Waals surface area contributed by atoms with Gasteiger partial charge >= 0.3 is 5.97 Å². The molecular weight excluding hydrogens is 296 g/mol. The zero-order valence-corrected chi connectivity index (χ0v) is 15.5. The summed E-state index contributed by atoms with van der Waals surface area (Å²) in [6.07, 6.45) is 13.9. The molecule has 6 atom stereocenters. The maximum absolute atomic E-state index is 11.0. The van der Waals surface area contributed by atoms with Crippen LogP contribution in [0.1, 0.15) is 72.1 Å². The molecule has 0 saturated heterocycles. The lowest BCUT2D eigenvalue weighted by Gasteiger charge is -2.58. The molecule has 24 heavy (non-hydrogen) atoms. The Bertz CT molecular complexity index is 615. The van der Waals surface area contributed by atoms with Crippen molar-refractivity contribution in [3.05, 3.63) is 23.3 Å². The minimum atomic E-state index is -0.799. The average molecular weight is 328 g/mol.